The fourth-order valence-electron chi connectivity index (χ4n) is 3.99. The van der Waals surface area contributed by atoms with Crippen LogP contribution in [0.2, 0.25) is 0 Å². The summed E-state index contributed by atoms with van der Waals surface area (Å²) in [4.78, 5) is 16.8. The highest BCUT2D eigenvalue weighted by atomic mass is 19.4. The Kier molecular flexibility index (Phi) is 7.39. The number of nitrogens with zero attached hydrogens (tertiary/aromatic N) is 2. The highest BCUT2D eigenvalue weighted by Crippen LogP contribution is 2.35. The summed E-state index contributed by atoms with van der Waals surface area (Å²) < 4.78 is 109. The van der Waals surface area contributed by atoms with Crippen LogP contribution in [0.25, 0.3) is 11.3 Å². The second-order valence-corrected chi connectivity index (χ2v) is 8.45. The molecular formula is C27H18F8N2O. The Morgan fingerprint density at radius 2 is 1.47 bits per heavy atom. The van der Waals surface area contributed by atoms with Gasteiger partial charge < -0.3 is 4.57 Å². The first-order valence-electron chi connectivity index (χ1n) is 11.2. The molecule has 0 N–H and O–H groups in total. The number of hydrogen-bond donors (Lipinski definition) is 0. The molecule has 0 unspecified atom stereocenters. The van der Waals surface area contributed by atoms with E-state index in [0.717, 1.165) is 46.5 Å². The fraction of sp³-hybridized carbons (Fsp3) is 0.185. The molecule has 1 heterocycles. The Hall–Kier alpha value is -4.02. The number of carbonyl (C=O) groups excluding carboxylic acids is 1. The normalized spacial score (nSPS) is 12.1. The predicted molar refractivity (Wildman–Crippen MR) is 122 cm³/mol. The van der Waals surface area contributed by atoms with Crippen molar-refractivity contribution in [3.63, 3.8) is 0 Å². The zero-order valence-corrected chi connectivity index (χ0v) is 19.4. The maximum Gasteiger partial charge on any atom is 0.456 e. The van der Waals surface area contributed by atoms with Crippen LogP contribution in [0.1, 0.15) is 33.0 Å². The Balaban J connectivity index is 1.91. The second-order valence-electron chi connectivity index (χ2n) is 8.45. The number of aryl methyl sites for hydroxylation is 2. The molecule has 0 aliphatic heterocycles. The average Bonchev–Trinajstić information content (AvgIpc) is 3.22. The van der Waals surface area contributed by atoms with Crippen LogP contribution in [-0.4, -0.2) is 21.5 Å². The molecule has 38 heavy (non-hydrogen) atoms. The lowest BCUT2D eigenvalue weighted by molar-refractivity contribution is -0.137. The Bertz CT molecular complexity index is 1460. The number of benzene rings is 3. The van der Waals surface area contributed by atoms with Crippen LogP contribution in [0.3, 0.4) is 0 Å². The molecule has 0 spiro atoms. The van der Waals surface area contributed by atoms with E-state index in [4.69, 9.17) is 0 Å². The lowest BCUT2D eigenvalue weighted by Crippen LogP contribution is -2.27. The van der Waals surface area contributed by atoms with E-state index in [-0.39, 0.29) is 29.8 Å². The fourth-order valence-corrected chi connectivity index (χ4v) is 3.99. The molecule has 4 aromatic rings. The molecule has 0 saturated heterocycles. The van der Waals surface area contributed by atoms with E-state index in [1.54, 1.807) is 30.3 Å². The summed E-state index contributed by atoms with van der Waals surface area (Å²) >= 11 is 0. The highest BCUT2D eigenvalue weighted by molar-refractivity contribution is 6.03. The van der Waals surface area contributed by atoms with Crippen LogP contribution in [0.15, 0.2) is 72.8 Å². The van der Waals surface area contributed by atoms with Gasteiger partial charge in [-0.2, -0.15) is 26.3 Å². The number of Topliss-reactive ketones (excluding diaryl/α,β-unsaturated/α-hetero) is 1. The summed E-state index contributed by atoms with van der Waals surface area (Å²) in [7, 11) is 0. The topological polar surface area (TPSA) is 34.9 Å². The van der Waals surface area contributed by atoms with Gasteiger partial charge >= 0.3 is 12.4 Å². The van der Waals surface area contributed by atoms with Gasteiger partial charge in [-0.1, -0.05) is 48.5 Å². The number of halogens is 8. The summed E-state index contributed by atoms with van der Waals surface area (Å²) in [5, 5.41) is 0. The second kappa shape index (κ2) is 10.4. The zero-order chi connectivity index (χ0) is 27.7. The summed E-state index contributed by atoms with van der Waals surface area (Å²) in [5.41, 5.74) is -2.26. The van der Waals surface area contributed by atoms with E-state index in [2.05, 4.69) is 4.98 Å². The van der Waals surface area contributed by atoms with Crippen LogP contribution in [-0.2, 0) is 25.6 Å². The van der Waals surface area contributed by atoms with Gasteiger partial charge in [0.1, 0.15) is 17.2 Å². The van der Waals surface area contributed by atoms with Crippen LogP contribution < -0.4 is 0 Å². The number of rotatable bonds is 7. The molecule has 4 rings (SSSR count). The molecule has 3 nitrogen and oxygen atoms in total. The van der Waals surface area contributed by atoms with E-state index in [9.17, 15) is 39.9 Å². The summed E-state index contributed by atoms with van der Waals surface area (Å²) in [6.07, 6.45) is -9.91. The molecule has 198 valence electrons. The van der Waals surface area contributed by atoms with Crippen molar-refractivity contribution in [1.29, 1.82) is 0 Å². The van der Waals surface area contributed by atoms with E-state index in [0.29, 0.717) is 6.07 Å². The first-order chi connectivity index (χ1) is 17.8. The zero-order valence-electron chi connectivity index (χ0n) is 19.4. The first kappa shape index (κ1) is 27.0. The maximum atomic E-state index is 13.9. The van der Waals surface area contributed by atoms with Gasteiger partial charge in [-0.15, -0.1) is 0 Å². The minimum Gasteiger partial charge on any atom is -0.320 e. The van der Waals surface area contributed by atoms with Crippen molar-refractivity contribution >= 4 is 5.78 Å². The van der Waals surface area contributed by atoms with Gasteiger partial charge in [0.15, 0.2) is 11.6 Å². The average molecular weight is 538 g/mol. The van der Waals surface area contributed by atoms with Crippen molar-refractivity contribution in [2.75, 3.05) is 0 Å². The molecular weight excluding hydrogens is 520 g/mol. The minimum atomic E-state index is -5.39. The maximum absolute atomic E-state index is 13.9. The SMILES string of the molecule is O=C(c1c(-c2cccc(C(F)(F)F)c2)nc(CCc2ccccc2)n1Cc1ccc(F)c(F)c1)C(F)(F)F. The molecule has 0 saturated carbocycles. The third kappa shape index (κ3) is 5.92. The first-order valence-corrected chi connectivity index (χ1v) is 11.2. The van der Waals surface area contributed by atoms with Crippen molar-refractivity contribution in [2.45, 2.75) is 31.7 Å². The molecule has 0 radical (unpaired) electrons. The number of aromatic nitrogens is 2. The van der Waals surface area contributed by atoms with Crippen LogP contribution in [0.4, 0.5) is 35.1 Å². The number of imidazole rings is 1. The predicted octanol–water partition coefficient (Wildman–Crippen LogP) is 7.43. The van der Waals surface area contributed by atoms with Gasteiger partial charge in [0.05, 0.1) is 5.56 Å². The summed E-state index contributed by atoms with van der Waals surface area (Å²) in [6.45, 7) is -0.509. The summed E-state index contributed by atoms with van der Waals surface area (Å²) in [5.74, 6) is -4.81. The lowest BCUT2D eigenvalue weighted by atomic mass is 10.0. The van der Waals surface area contributed by atoms with E-state index < -0.39 is 53.3 Å². The number of hydrogen-bond acceptors (Lipinski definition) is 2. The van der Waals surface area contributed by atoms with Crippen LogP contribution in [0, 0.1) is 11.6 Å². The number of carbonyl (C=O) groups is 1. The van der Waals surface area contributed by atoms with Gasteiger partial charge in [-0.05, 0) is 41.8 Å². The monoisotopic (exact) mass is 538 g/mol. The van der Waals surface area contributed by atoms with Crippen molar-refractivity contribution in [3.05, 3.63) is 113 Å². The molecule has 3 aromatic carbocycles. The van der Waals surface area contributed by atoms with Gasteiger partial charge in [0.2, 0.25) is 0 Å². The number of ketones is 1. The third-order valence-corrected chi connectivity index (χ3v) is 5.79. The lowest BCUT2D eigenvalue weighted by Gasteiger charge is -2.14. The minimum absolute atomic E-state index is 0.00475. The standard InChI is InChI=1S/C27H18F8N2O/c28-20-11-9-17(13-21(20)29)15-37-22(12-10-16-5-2-1-3-6-16)36-23(24(37)25(38)27(33,34)35)18-7-4-8-19(14-18)26(30,31)32/h1-9,11,13-14H,10,12,15H2. The molecule has 1 aromatic heterocycles. The largest absolute Gasteiger partial charge is 0.456 e. The number of alkyl halides is 6. The molecule has 11 heteroatoms. The van der Waals surface area contributed by atoms with Crippen molar-refractivity contribution < 1.29 is 39.9 Å². The quantitative estimate of drug-likeness (QED) is 0.181. The van der Waals surface area contributed by atoms with E-state index >= 15 is 0 Å². The van der Waals surface area contributed by atoms with Crippen LogP contribution >= 0.6 is 0 Å². The van der Waals surface area contributed by atoms with Gasteiger partial charge in [-0.25, -0.2) is 13.8 Å². The van der Waals surface area contributed by atoms with Gasteiger partial charge in [0.25, 0.3) is 5.78 Å². The molecule has 0 fully saturated rings. The molecule has 0 aliphatic rings. The smallest absolute Gasteiger partial charge is 0.320 e. The Labute approximate surface area is 211 Å². The van der Waals surface area contributed by atoms with E-state index in [1.165, 1.54) is 0 Å². The van der Waals surface area contributed by atoms with Crippen LogP contribution in [0.5, 0.6) is 0 Å². The van der Waals surface area contributed by atoms with Crippen molar-refractivity contribution in [2.24, 2.45) is 0 Å². The molecule has 0 atom stereocenters. The third-order valence-electron chi connectivity index (χ3n) is 5.79. The van der Waals surface area contributed by atoms with Crippen molar-refractivity contribution in [3.8, 4) is 11.3 Å². The Morgan fingerprint density at radius 1 is 0.763 bits per heavy atom. The summed E-state index contributed by atoms with van der Waals surface area (Å²) in [6, 6.07) is 14.9. The molecule has 0 amide bonds. The van der Waals surface area contributed by atoms with Crippen molar-refractivity contribution in [1.82, 2.24) is 9.55 Å². The van der Waals surface area contributed by atoms with Gasteiger partial charge in [-0.3, -0.25) is 4.79 Å². The molecule has 0 aliphatic carbocycles. The van der Waals surface area contributed by atoms with E-state index in [1.807, 2.05) is 0 Å². The Morgan fingerprint density at radius 3 is 2.11 bits per heavy atom. The molecule has 0 bridgehead atoms. The highest BCUT2D eigenvalue weighted by Gasteiger charge is 2.44. The van der Waals surface area contributed by atoms with Gasteiger partial charge in [0, 0.05) is 18.5 Å².